The second kappa shape index (κ2) is 11.3. The summed E-state index contributed by atoms with van der Waals surface area (Å²) in [5.41, 5.74) is -0.0169. The Morgan fingerprint density at radius 1 is 1.09 bits per heavy atom. The van der Waals surface area contributed by atoms with Crippen molar-refractivity contribution in [3.8, 4) is 0 Å². The number of amides is 1. The highest BCUT2D eigenvalue weighted by Crippen LogP contribution is 2.36. The lowest BCUT2D eigenvalue weighted by Gasteiger charge is -2.07. The first-order chi connectivity index (χ1) is 15.9. The monoisotopic (exact) mass is 496 g/mol. The minimum absolute atomic E-state index is 0.00132. The van der Waals surface area contributed by atoms with Crippen LogP contribution in [0.25, 0.3) is 0 Å². The van der Waals surface area contributed by atoms with Gasteiger partial charge in [-0.25, -0.2) is 14.6 Å². The van der Waals surface area contributed by atoms with E-state index in [-0.39, 0.29) is 33.2 Å². The first-order valence-corrected chi connectivity index (χ1v) is 11.9. The number of carbonyl (C=O) groups excluding carboxylic acids is 4. The zero-order valence-electron chi connectivity index (χ0n) is 18.4. The molecule has 2 aromatic rings. The van der Waals surface area contributed by atoms with Crippen molar-refractivity contribution in [2.24, 2.45) is 0 Å². The first kappa shape index (κ1) is 24.7. The van der Waals surface area contributed by atoms with Crippen LogP contribution in [0.15, 0.2) is 5.16 Å². The van der Waals surface area contributed by atoms with Crippen LogP contribution >= 0.6 is 23.1 Å². The maximum Gasteiger partial charge on any atom is 0.348 e. The third kappa shape index (κ3) is 5.90. The van der Waals surface area contributed by atoms with Crippen LogP contribution in [0.3, 0.4) is 0 Å². The standard InChI is InChI=1S/C20H24N4O7S2/c1-29-13(26)8-11-14(18(27)30-2)17(33-15(11)19(28)31-3)21-12(25)9-32-20-22-16(23-24-20)10-6-4-5-7-10/h10H,4-9H2,1-3H3,(H,21,25)(H,22,23,24). The fourth-order valence-corrected chi connectivity index (χ4v) is 5.26. The fourth-order valence-electron chi connectivity index (χ4n) is 3.51. The number of esters is 3. The number of thioether (sulfide) groups is 1. The summed E-state index contributed by atoms with van der Waals surface area (Å²) in [5.74, 6) is -1.49. The van der Waals surface area contributed by atoms with Crippen LogP contribution in [0.2, 0.25) is 0 Å². The lowest BCUT2D eigenvalue weighted by molar-refractivity contribution is -0.139. The maximum absolute atomic E-state index is 12.6. The van der Waals surface area contributed by atoms with Crippen molar-refractivity contribution in [1.82, 2.24) is 15.2 Å². The van der Waals surface area contributed by atoms with Gasteiger partial charge in [-0.3, -0.25) is 14.7 Å². The molecular formula is C20H24N4O7S2. The minimum Gasteiger partial charge on any atom is -0.469 e. The van der Waals surface area contributed by atoms with Gasteiger partial charge in [0.15, 0.2) is 0 Å². The van der Waals surface area contributed by atoms with Crippen molar-refractivity contribution in [3.63, 3.8) is 0 Å². The topological polar surface area (TPSA) is 150 Å². The highest BCUT2D eigenvalue weighted by molar-refractivity contribution is 7.99. The van der Waals surface area contributed by atoms with Crippen LogP contribution in [0, 0.1) is 0 Å². The molecule has 11 nitrogen and oxygen atoms in total. The van der Waals surface area contributed by atoms with E-state index in [4.69, 9.17) is 9.47 Å². The molecule has 0 unspecified atom stereocenters. The van der Waals surface area contributed by atoms with Gasteiger partial charge in [-0.1, -0.05) is 24.6 Å². The van der Waals surface area contributed by atoms with Crippen molar-refractivity contribution >= 4 is 51.9 Å². The quantitative estimate of drug-likeness (QED) is 0.301. The predicted octanol–water partition coefficient (Wildman–Crippen LogP) is 2.54. The van der Waals surface area contributed by atoms with Crippen molar-refractivity contribution < 1.29 is 33.4 Å². The van der Waals surface area contributed by atoms with E-state index in [1.165, 1.54) is 27.1 Å². The van der Waals surface area contributed by atoms with E-state index < -0.39 is 23.8 Å². The Labute approximate surface area is 198 Å². The molecular weight excluding hydrogens is 472 g/mol. The summed E-state index contributed by atoms with van der Waals surface area (Å²) in [4.78, 5) is 53.6. The summed E-state index contributed by atoms with van der Waals surface area (Å²) in [7, 11) is 3.52. The summed E-state index contributed by atoms with van der Waals surface area (Å²) < 4.78 is 14.2. The molecule has 0 spiro atoms. The molecule has 1 amide bonds. The lowest BCUT2D eigenvalue weighted by atomic mass is 10.1. The van der Waals surface area contributed by atoms with E-state index in [1.54, 1.807) is 0 Å². The average Bonchev–Trinajstić information content (AvgIpc) is 3.57. The van der Waals surface area contributed by atoms with Crippen LogP contribution in [-0.4, -0.2) is 66.1 Å². The van der Waals surface area contributed by atoms with Crippen LogP contribution in [0.5, 0.6) is 0 Å². The molecule has 33 heavy (non-hydrogen) atoms. The van der Waals surface area contributed by atoms with Gasteiger partial charge in [0.2, 0.25) is 11.1 Å². The Kier molecular flexibility index (Phi) is 8.44. The number of ether oxygens (including phenoxy) is 3. The van der Waals surface area contributed by atoms with E-state index in [0.717, 1.165) is 48.9 Å². The van der Waals surface area contributed by atoms with E-state index in [9.17, 15) is 19.2 Å². The zero-order valence-corrected chi connectivity index (χ0v) is 20.0. The summed E-state index contributed by atoms with van der Waals surface area (Å²) in [6.07, 6.45) is 4.12. The molecule has 1 aliphatic rings. The highest BCUT2D eigenvalue weighted by Gasteiger charge is 2.30. The number of hydrogen-bond donors (Lipinski definition) is 2. The van der Waals surface area contributed by atoms with Gasteiger partial charge in [-0.05, 0) is 12.8 Å². The van der Waals surface area contributed by atoms with Crippen molar-refractivity contribution in [2.45, 2.75) is 43.2 Å². The van der Waals surface area contributed by atoms with Crippen LogP contribution in [0.1, 0.15) is 63.0 Å². The molecule has 178 valence electrons. The molecule has 2 aromatic heterocycles. The van der Waals surface area contributed by atoms with Gasteiger partial charge >= 0.3 is 17.9 Å². The molecule has 2 heterocycles. The summed E-state index contributed by atoms with van der Waals surface area (Å²) in [6.45, 7) is 0. The fraction of sp³-hybridized carbons (Fsp3) is 0.500. The first-order valence-electron chi connectivity index (χ1n) is 10.1. The molecule has 0 aromatic carbocycles. The molecule has 0 bridgehead atoms. The van der Waals surface area contributed by atoms with Crippen LogP contribution < -0.4 is 5.32 Å². The second-order valence-corrected chi connectivity index (χ2v) is 9.13. The Morgan fingerprint density at radius 3 is 2.42 bits per heavy atom. The van der Waals surface area contributed by atoms with E-state index in [1.807, 2.05) is 0 Å². The second-order valence-electron chi connectivity index (χ2n) is 7.17. The molecule has 0 radical (unpaired) electrons. The molecule has 1 saturated carbocycles. The third-order valence-corrected chi connectivity index (χ3v) is 7.10. The highest BCUT2D eigenvalue weighted by atomic mass is 32.2. The maximum atomic E-state index is 12.6. The SMILES string of the molecule is COC(=O)Cc1c(C(=O)OC)sc(NC(=O)CSc2n[nH]c(C3CCCC3)n2)c1C(=O)OC. The molecule has 0 aliphatic heterocycles. The van der Waals surface area contributed by atoms with Crippen molar-refractivity contribution in [3.05, 3.63) is 21.8 Å². The van der Waals surface area contributed by atoms with Gasteiger partial charge in [0.25, 0.3) is 0 Å². The van der Waals surface area contributed by atoms with Gasteiger partial charge in [0, 0.05) is 11.5 Å². The van der Waals surface area contributed by atoms with E-state index in [2.05, 4.69) is 25.2 Å². The number of thiophene rings is 1. The van der Waals surface area contributed by atoms with Crippen LogP contribution in [-0.2, 0) is 30.2 Å². The van der Waals surface area contributed by atoms with Gasteiger partial charge in [-0.2, -0.15) is 0 Å². The van der Waals surface area contributed by atoms with Gasteiger partial charge < -0.3 is 19.5 Å². The summed E-state index contributed by atoms with van der Waals surface area (Å²) >= 11 is 1.96. The van der Waals surface area contributed by atoms with Crippen molar-refractivity contribution in [1.29, 1.82) is 0 Å². The number of hydrogen-bond acceptors (Lipinski definition) is 11. The summed E-state index contributed by atoms with van der Waals surface area (Å²) in [5, 5.41) is 10.2. The number of anilines is 1. The molecule has 1 aliphatic carbocycles. The zero-order chi connectivity index (χ0) is 24.0. The number of H-pyrrole nitrogens is 1. The molecule has 3 rings (SSSR count). The Bertz CT molecular complexity index is 1040. The largest absolute Gasteiger partial charge is 0.469 e. The smallest absolute Gasteiger partial charge is 0.348 e. The Morgan fingerprint density at radius 2 is 1.79 bits per heavy atom. The number of methoxy groups -OCH3 is 3. The minimum atomic E-state index is -0.807. The molecule has 13 heteroatoms. The van der Waals surface area contributed by atoms with Gasteiger partial charge in [0.05, 0.1) is 39.1 Å². The third-order valence-electron chi connectivity index (χ3n) is 5.13. The normalized spacial score (nSPS) is 13.5. The van der Waals surface area contributed by atoms with Gasteiger partial charge in [-0.15, -0.1) is 16.4 Å². The predicted molar refractivity (Wildman–Crippen MR) is 120 cm³/mol. The lowest BCUT2D eigenvalue weighted by Crippen LogP contribution is -2.17. The van der Waals surface area contributed by atoms with E-state index >= 15 is 0 Å². The number of aromatic nitrogens is 3. The number of nitrogens with zero attached hydrogens (tertiary/aromatic N) is 2. The van der Waals surface area contributed by atoms with Crippen LogP contribution in [0.4, 0.5) is 5.00 Å². The number of nitrogens with one attached hydrogen (secondary N) is 2. The molecule has 1 fully saturated rings. The molecule has 0 atom stereocenters. The number of rotatable bonds is 9. The average molecular weight is 497 g/mol. The molecule has 2 N–H and O–H groups in total. The molecule has 0 saturated heterocycles. The number of carbonyl (C=O) groups is 4. The van der Waals surface area contributed by atoms with E-state index in [0.29, 0.717) is 11.1 Å². The number of aromatic amines is 1. The Hall–Kier alpha value is -2.93. The van der Waals surface area contributed by atoms with Crippen molar-refractivity contribution in [2.75, 3.05) is 32.4 Å². The summed E-state index contributed by atoms with van der Waals surface area (Å²) in [6, 6.07) is 0. The Balaban J connectivity index is 1.76. The van der Waals surface area contributed by atoms with Gasteiger partial charge in [0.1, 0.15) is 15.7 Å².